The molecule has 0 aliphatic rings. The maximum absolute atomic E-state index is 11.7. The first kappa shape index (κ1) is 19.8. The van der Waals surface area contributed by atoms with Crippen molar-refractivity contribution in [1.29, 1.82) is 0 Å². The van der Waals surface area contributed by atoms with E-state index in [1.807, 2.05) is 24.3 Å². The number of methoxy groups -OCH3 is 2. The van der Waals surface area contributed by atoms with Crippen molar-refractivity contribution in [2.45, 2.75) is 18.1 Å². The van der Waals surface area contributed by atoms with E-state index in [4.69, 9.17) is 4.74 Å². The summed E-state index contributed by atoms with van der Waals surface area (Å²) < 4.78 is 9.46. The Hall–Kier alpha value is -2.47. The van der Waals surface area contributed by atoms with E-state index in [1.165, 1.54) is 14.2 Å². The summed E-state index contributed by atoms with van der Waals surface area (Å²) in [5.74, 6) is 0.173. The maximum atomic E-state index is 11.7. The third-order valence-electron chi connectivity index (χ3n) is 3.86. The van der Waals surface area contributed by atoms with E-state index in [0.29, 0.717) is 24.2 Å². The zero-order chi connectivity index (χ0) is 18.9. The molecule has 26 heavy (non-hydrogen) atoms. The van der Waals surface area contributed by atoms with Gasteiger partial charge in [-0.25, -0.2) is 4.79 Å². The Bertz CT molecular complexity index is 759. The summed E-state index contributed by atoms with van der Waals surface area (Å²) in [7, 11) is 2.73. The molecular formula is C20H22O5S. The van der Waals surface area contributed by atoms with Crippen molar-refractivity contribution in [3.05, 3.63) is 65.2 Å². The molecule has 0 saturated heterocycles. The summed E-state index contributed by atoms with van der Waals surface area (Å²) in [6.07, 6.45) is 0.971. The third-order valence-corrected chi connectivity index (χ3v) is 5.15. The van der Waals surface area contributed by atoms with E-state index in [0.717, 1.165) is 11.1 Å². The Labute approximate surface area is 157 Å². The van der Waals surface area contributed by atoms with Gasteiger partial charge in [0.15, 0.2) is 0 Å². The lowest BCUT2D eigenvalue weighted by Gasteiger charge is -2.18. The first-order chi connectivity index (χ1) is 12.5. The number of carbonyl (C=O) groups excluding carboxylic acids is 2. The molecule has 2 aromatic carbocycles. The minimum atomic E-state index is -0.376. The summed E-state index contributed by atoms with van der Waals surface area (Å²) in [4.78, 5) is 23.1. The van der Waals surface area contributed by atoms with E-state index in [9.17, 15) is 14.7 Å². The lowest BCUT2D eigenvalue weighted by molar-refractivity contribution is -0.140. The standard InChI is InChI=1S/C20H22O5S/c1-24-19(22)9-10-26-18(15-6-4-8-17(21)13-15)12-14-5-3-7-16(11-14)20(23)25-2/h3-8,11,13,18,21H,9-10,12H2,1-2H3. The number of rotatable bonds is 8. The van der Waals surface area contributed by atoms with Crippen LogP contribution in [0.2, 0.25) is 0 Å². The van der Waals surface area contributed by atoms with Crippen LogP contribution in [0.4, 0.5) is 0 Å². The number of carbonyl (C=O) groups is 2. The maximum Gasteiger partial charge on any atom is 0.337 e. The van der Waals surface area contributed by atoms with Gasteiger partial charge in [-0.1, -0.05) is 24.3 Å². The second-order valence-corrected chi connectivity index (χ2v) is 6.99. The molecule has 5 nitrogen and oxygen atoms in total. The Balaban J connectivity index is 2.18. The molecule has 1 unspecified atom stereocenters. The largest absolute Gasteiger partial charge is 0.508 e. The fraction of sp³-hybridized carbons (Fsp3) is 0.300. The highest BCUT2D eigenvalue weighted by Crippen LogP contribution is 2.34. The quantitative estimate of drug-likeness (QED) is 0.709. The van der Waals surface area contributed by atoms with Gasteiger partial charge in [-0.2, -0.15) is 11.8 Å². The van der Waals surface area contributed by atoms with E-state index in [1.54, 1.807) is 36.0 Å². The van der Waals surface area contributed by atoms with Crippen LogP contribution in [0, 0.1) is 0 Å². The van der Waals surface area contributed by atoms with Crippen molar-refractivity contribution in [2.24, 2.45) is 0 Å². The van der Waals surface area contributed by atoms with Gasteiger partial charge in [-0.05, 0) is 41.8 Å². The lowest BCUT2D eigenvalue weighted by atomic mass is 10.0. The van der Waals surface area contributed by atoms with Crippen LogP contribution in [0.3, 0.4) is 0 Å². The number of hydrogen-bond acceptors (Lipinski definition) is 6. The Morgan fingerprint density at radius 1 is 1.08 bits per heavy atom. The van der Waals surface area contributed by atoms with Crippen LogP contribution < -0.4 is 0 Å². The topological polar surface area (TPSA) is 72.8 Å². The number of aromatic hydroxyl groups is 1. The Morgan fingerprint density at radius 3 is 2.54 bits per heavy atom. The minimum absolute atomic E-state index is 0.0275. The molecule has 1 atom stereocenters. The van der Waals surface area contributed by atoms with Crippen molar-refractivity contribution in [3.8, 4) is 5.75 Å². The highest BCUT2D eigenvalue weighted by atomic mass is 32.2. The van der Waals surface area contributed by atoms with E-state index in [-0.39, 0.29) is 22.9 Å². The predicted octanol–water partition coefficient (Wildman–Crippen LogP) is 3.76. The molecule has 0 heterocycles. The van der Waals surface area contributed by atoms with Gasteiger partial charge in [0, 0.05) is 11.0 Å². The van der Waals surface area contributed by atoms with Gasteiger partial charge in [0.25, 0.3) is 0 Å². The molecule has 0 saturated carbocycles. The Kier molecular flexibility index (Phi) is 7.53. The van der Waals surface area contributed by atoms with Gasteiger partial charge in [-0.15, -0.1) is 0 Å². The molecule has 2 rings (SSSR count). The molecule has 0 amide bonds. The van der Waals surface area contributed by atoms with Crippen LogP contribution in [0.15, 0.2) is 48.5 Å². The zero-order valence-electron chi connectivity index (χ0n) is 14.8. The van der Waals surface area contributed by atoms with Crippen LogP contribution in [-0.4, -0.2) is 37.0 Å². The predicted molar refractivity (Wildman–Crippen MR) is 101 cm³/mol. The van der Waals surface area contributed by atoms with E-state index in [2.05, 4.69) is 4.74 Å². The molecule has 138 valence electrons. The van der Waals surface area contributed by atoms with Gasteiger partial charge in [-0.3, -0.25) is 4.79 Å². The fourth-order valence-electron chi connectivity index (χ4n) is 2.54. The molecule has 0 radical (unpaired) electrons. The Morgan fingerprint density at radius 2 is 1.85 bits per heavy atom. The highest BCUT2D eigenvalue weighted by molar-refractivity contribution is 7.99. The van der Waals surface area contributed by atoms with Crippen LogP contribution in [0.1, 0.15) is 33.2 Å². The number of benzene rings is 2. The molecule has 0 aromatic heterocycles. The second-order valence-electron chi connectivity index (χ2n) is 5.68. The van der Waals surface area contributed by atoms with E-state index < -0.39 is 0 Å². The van der Waals surface area contributed by atoms with Crippen LogP contribution >= 0.6 is 11.8 Å². The monoisotopic (exact) mass is 374 g/mol. The summed E-state index contributed by atoms with van der Waals surface area (Å²) >= 11 is 1.61. The molecule has 0 spiro atoms. The van der Waals surface area contributed by atoms with Crippen LogP contribution in [0.5, 0.6) is 5.75 Å². The van der Waals surface area contributed by atoms with Gasteiger partial charge < -0.3 is 14.6 Å². The number of phenols is 1. The average Bonchev–Trinajstić information content (AvgIpc) is 2.66. The highest BCUT2D eigenvalue weighted by Gasteiger charge is 2.16. The minimum Gasteiger partial charge on any atom is -0.508 e. The number of thioether (sulfide) groups is 1. The van der Waals surface area contributed by atoms with Gasteiger partial charge in [0.05, 0.1) is 26.2 Å². The third kappa shape index (κ3) is 5.81. The fourth-order valence-corrected chi connectivity index (χ4v) is 3.76. The number of hydrogen-bond donors (Lipinski definition) is 1. The van der Waals surface area contributed by atoms with Crippen molar-refractivity contribution in [2.75, 3.05) is 20.0 Å². The molecule has 0 aliphatic heterocycles. The van der Waals surface area contributed by atoms with Gasteiger partial charge in [0.1, 0.15) is 5.75 Å². The number of ether oxygens (including phenoxy) is 2. The molecule has 0 aliphatic carbocycles. The summed E-state index contributed by atoms with van der Waals surface area (Å²) in [6, 6.07) is 14.4. The number of phenolic OH excluding ortho intramolecular Hbond substituents is 1. The first-order valence-electron chi connectivity index (χ1n) is 8.18. The smallest absolute Gasteiger partial charge is 0.337 e. The SMILES string of the molecule is COC(=O)CCSC(Cc1cccc(C(=O)OC)c1)c1cccc(O)c1. The van der Waals surface area contributed by atoms with Crippen molar-refractivity contribution in [3.63, 3.8) is 0 Å². The normalized spacial score (nSPS) is 11.6. The molecular weight excluding hydrogens is 352 g/mol. The number of esters is 2. The first-order valence-corrected chi connectivity index (χ1v) is 9.23. The molecule has 2 aromatic rings. The van der Waals surface area contributed by atoms with E-state index >= 15 is 0 Å². The summed E-state index contributed by atoms with van der Waals surface area (Å²) in [5.41, 5.74) is 2.44. The van der Waals surface area contributed by atoms with Crippen LogP contribution in [0.25, 0.3) is 0 Å². The van der Waals surface area contributed by atoms with Crippen LogP contribution in [-0.2, 0) is 20.7 Å². The lowest BCUT2D eigenvalue weighted by Crippen LogP contribution is -2.06. The molecule has 6 heteroatoms. The summed E-state index contributed by atoms with van der Waals surface area (Å²) in [5, 5.41) is 9.81. The van der Waals surface area contributed by atoms with Gasteiger partial charge in [0.2, 0.25) is 0 Å². The average molecular weight is 374 g/mol. The molecule has 1 N–H and O–H groups in total. The molecule has 0 bridgehead atoms. The summed E-state index contributed by atoms with van der Waals surface area (Å²) in [6.45, 7) is 0. The second kappa shape index (κ2) is 9.87. The van der Waals surface area contributed by atoms with Crippen molar-refractivity contribution < 1.29 is 24.2 Å². The van der Waals surface area contributed by atoms with Crippen molar-refractivity contribution >= 4 is 23.7 Å². The van der Waals surface area contributed by atoms with Gasteiger partial charge >= 0.3 is 11.9 Å². The molecule has 0 fully saturated rings. The zero-order valence-corrected chi connectivity index (χ0v) is 15.6. The van der Waals surface area contributed by atoms with Crippen molar-refractivity contribution in [1.82, 2.24) is 0 Å².